The molecule has 1 aliphatic rings. The number of halogens is 3. The lowest BCUT2D eigenvalue weighted by molar-refractivity contribution is -0.192. The van der Waals surface area contributed by atoms with E-state index in [9.17, 15) is 21.6 Å². The number of H-pyrrole nitrogens is 1. The number of aliphatic hydroxyl groups is 1. The number of benzene rings is 1. The first-order chi connectivity index (χ1) is 16.5. The molecule has 3 N–H and O–H groups in total. The molecule has 4 rings (SSSR count). The van der Waals surface area contributed by atoms with Crippen LogP contribution in [0.1, 0.15) is 25.0 Å². The lowest BCUT2D eigenvalue weighted by Gasteiger charge is -2.15. The van der Waals surface area contributed by atoms with Crippen molar-refractivity contribution in [3.8, 4) is 23.0 Å². The zero-order valence-corrected chi connectivity index (χ0v) is 19.2. The van der Waals surface area contributed by atoms with Crippen molar-refractivity contribution in [1.82, 2.24) is 14.3 Å². The van der Waals surface area contributed by atoms with Crippen LogP contribution in [0.4, 0.5) is 13.2 Å². The molecule has 0 spiro atoms. The van der Waals surface area contributed by atoms with Gasteiger partial charge in [0.25, 0.3) is 0 Å². The maximum Gasteiger partial charge on any atom is 0.490 e. The Labute approximate surface area is 199 Å². The van der Waals surface area contributed by atoms with Crippen LogP contribution in [0.3, 0.4) is 0 Å². The van der Waals surface area contributed by atoms with Gasteiger partial charge in [-0.15, -0.1) is 0 Å². The predicted molar refractivity (Wildman–Crippen MR) is 122 cm³/mol. The van der Waals surface area contributed by atoms with Crippen LogP contribution >= 0.6 is 0 Å². The van der Waals surface area contributed by atoms with Gasteiger partial charge in [-0.3, -0.25) is 0 Å². The van der Waals surface area contributed by atoms with Gasteiger partial charge in [0, 0.05) is 31.1 Å². The largest absolute Gasteiger partial charge is 0.490 e. The summed E-state index contributed by atoms with van der Waals surface area (Å²) in [7, 11) is -3.41. The van der Waals surface area contributed by atoms with E-state index in [0.29, 0.717) is 24.4 Å². The number of fused-ring (bicyclic) bond motifs is 1. The molecule has 3 aromatic rings. The summed E-state index contributed by atoms with van der Waals surface area (Å²) in [5.74, 6) is 3.12. The molecule has 1 aliphatic heterocycles. The van der Waals surface area contributed by atoms with Crippen molar-refractivity contribution < 1.29 is 36.6 Å². The van der Waals surface area contributed by atoms with Gasteiger partial charge in [-0.1, -0.05) is 18.1 Å². The smallest absolute Gasteiger partial charge is 0.475 e. The molecule has 0 aliphatic carbocycles. The van der Waals surface area contributed by atoms with E-state index in [2.05, 4.69) is 21.8 Å². The average molecular weight is 510 g/mol. The first-order valence-electron chi connectivity index (χ1n) is 10.5. The van der Waals surface area contributed by atoms with Gasteiger partial charge in [0.15, 0.2) is 0 Å². The van der Waals surface area contributed by atoms with E-state index in [1.807, 2.05) is 24.3 Å². The van der Waals surface area contributed by atoms with Crippen molar-refractivity contribution in [2.45, 2.75) is 30.3 Å². The Morgan fingerprint density at radius 2 is 1.77 bits per heavy atom. The number of aromatic nitrogens is 2. The van der Waals surface area contributed by atoms with Crippen molar-refractivity contribution >= 4 is 27.0 Å². The average Bonchev–Trinajstić information content (AvgIpc) is 3.49. The lowest BCUT2D eigenvalue weighted by Crippen LogP contribution is -2.27. The maximum atomic E-state index is 12.7. The molecule has 2 aromatic heterocycles. The number of nitrogens with zero attached hydrogens (tertiary/aromatic N) is 2. The van der Waals surface area contributed by atoms with Gasteiger partial charge in [0.2, 0.25) is 10.0 Å². The van der Waals surface area contributed by atoms with Crippen molar-refractivity contribution in [1.29, 1.82) is 0 Å². The number of aliphatic carboxylic acids is 1. The fourth-order valence-electron chi connectivity index (χ4n) is 3.44. The molecule has 1 aromatic carbocycles. The highest BCUT2D eigenvalue weighted by Crippen LogP contribution is 2.30. The highest BCUT2D eigenvalue weighted by atomic mass is 32.2. The molecule has 0 saturated carbocycles. The van der Waals surface area contributed by atoms with Crippen LogP contribution in [0.25, 0.3) is 22.2 Å². The number of carboxylic acids is 1. The summed E-state index contributed by atoms with van der Waals surface area (Å²) in [6.07, 6.45) is -1.11. The summed E-state index contributed by atoms with van der Waals surface area (Å²) in [4.78, 5) is 16.7. The van der Waals surface area contributed by atoms with Crippen molar-refractivity contribution in [2.24, 2.45) is 0 Å². The number of aromatic amines is 1. The van der Waals surface area contributed by atoms with Crippen LogP contribution in [0, 0.1) is 11.8 Å². The zero-order valence-electron chi connectivity index (χ0n) is 18.3. The van der Waals surface area contributed by atoms with Crippen molar-refractivity contribution in [2.75, 3.05) is 19.7 Å². The van der Waals surface area contributed by atoms with Gasteiger partial charge in [-0.05, 0) is 54.2 Å². The normalized spacial score (nSPS) is 14.2. The van der Waals surface area contributed by atoms with E-state index < -0.39 is 22.2 Å². The maximum absolute atomic E-state index is 12.7. The minimum atomic E-state index is -5.08. The SMILES string of the molecule is O=C(O)C(F)(F)F.O=S(=O)(c1ccc(-c2ccnc3[nH]c(C#CCCO)cc23)cc1)N1CCCC1. The quantitative estimate of drug-likeness (QED) is 0.464. The molecule has 0 atom stereocenters. The highest BCUT2D eigenvalue weighted by Gasteiger charge is 2.38. The summed E-state index contributed by atoms with van der Waals surface area (Å²) in [5.41, 5.74) is 3.33. The van der Waals surface area contributed by atoms with E-state index in [1.165, 1.54) is 0 Å². The zero-order chi connectivity index (χ0) is 25.6. The second-order valence-corrected chi connectivity index (χ2v) is 9.46. The Kier molecular flexibility index (Phi) is 8.16. The van der Waals surface area contributed by atoms with Crippen LogP contribution in [-0.4, -0.2) is 64.7 Å². The molecule has 8 nitrogen and oxygen atoms in total. The number of alkyl halides is 3. The lowest BCUT2D eigenvalue weighted by atomic mass is 10.0. The third-order valence-electron chi connectivity index (χ3n) is 5.10. The number of hydrogen-bond donors (Lipinski definition) is 3. The minimum Gasteiger partial charge on any atom is -0.475 e. The first-order valence-corrected chi connectivity index (χ1v) is 12.0. The topological polar surface area (TPSA) is 124 Å². The number of carboxylic acid groups (broad SMARTS) is 1. The number of sulfonamides is 1. The van der Waals surface area contributed by atoms with Gasteiger partial charge < -0.3 is 15.2 Å². The van der Waals surface area contributed by atoms with Crippen LogP contribution in [-0.2, 0) is 14.8 Å². The van der Waals surface area contributed by atoms with Gasteiger partial charge in [-0.2, -0.15) is 17.5 Å². The molecule has 0 radical (unpaired) electrons. The standard InChI is InChI=1S/C21H21N3O3S.C2HF3O2/c25-14-4-1-5-17-15-20-19(10-11-22-21(20)23-17)16-6-8-18(9-7-16)28(26,27)24-12-2-3-13-24;3-2(4,5)1(6)7/h6-11,15,25H,2-4,12-14H2,(H,22,23);(H,6,7). The molecule has 12 heteroatoms. The van der Waals surface area contributed by atoms with E-state index in [-0.39, 0.29) is 6.61 Å². The van der Waals surface area contributed by atoms with Gasteiger partial charge in [0.05, 0.1) is 17.2 Å². The summed E-state index contributed by atoms with van der Waals surface area (Å²) in [6.45, 7) is 1.22. The van der Waals surface area contributed by atoms with E-state index in [1.54, 1.807) is 22.6 Å². The molecular formula is C23H22F3N3O5S. The Morgan fingerprint density at radius 3 is 2.34 bits per heavy atom. The molecule has 35 heavy (non-hydrogen) atoms. The molecule has 1 fully saturated rings. The minimum absolute atomic E-state index is 0.0312. The molecular weight excluding hydrogens is 487 g/mol. The molecule has 186 valence electrons. The third kappa shape index (κ3) is 6.39. The summed E-state index contributed by atoms with van der Waals surface area (Å²) < 4.78 is 58.7. The first kappa shape index (κ1) is 26.2. The van der Waals surface area contributed by atoms with Crippen molar-refractivity contribution in [3.05, 3.63) is 48.3 Å². The van der Waals surface area contributed by atoms with Gasteiger partial charge in [-0.25, -0.2) is 18.2 Å². The Bertz CT molecular complexity index is 1350. The Hall–Kier alpha value is -3.40. The molecule has 3 heterocycles. The number of carbonyl (C=O) groups is 1. The van der Waals surface area contributed by atoms with E-state index in [0.717, 1.165) is 40.7 Å². The monoisotopic (exact) mass is 509 g/mol. The second-order valence-electron chi connectivity index (χ2n) is 7.52. The Balaban J connectivity index is 0.000000429. The fraction of sp³-hybridized carbons (Fsp3) is 0.304. The van der Waals surface area contributed by atoms with Crippen LogP contribution < -0.4 is 0 Å². The number of hydrogen-bond acceptors (Lipinski definition) is 5. The third-order valence-corrected chi connectivity index (χ3v) is 7.02. The summed E-state index contributed by atoms with van der Waals surface area (Å²) >= 11 is 0. The van der Waals surface area contributed by atoms with Crippen molar-refractivity contribution in [3.63, 3.8) is 0 Å². The Morgan fingerprint density at radius 1 is 1.14 bits per heavy atom. The molecule has 0 unspecified atom stereocenters. The number of aliphatic hydroxyl groups excluding tert-OH is 1. The fourth-order valence-corrected chi connectivity index (χ4v) is 4.96. The summed E-state index contributed by atoms with van der Waals surface area (Å²) in [5, 5.41) is 16.9. The van der Waals surface area contributed by atoms with Crippen LogP contribution in [0.15, 0.2) is 47.5 Å². The molecule has 1 saturated heterocycles. The van der Waals surface area contributed by atoms with Crippen LogP contribution in [0.5, 0.6) is 0 Å². The second kappa shape index (κ2) is 10.9. The number of rotatable bonds is 4. The number of pyridine rings is 1. The molecule has 0 bridgehead atoms. The van der Waals surface area contributed by atoms with Crippen LogP contribution in [0.2, 0.25) is 0 Å². The van der Waals surface area contributed by atoms with E-state index in [4.69, 9.17) is 15.0 Å². The predicted octanol–water partition coefficient (Wildman–Crippen LogP) is 3.38. The number of nitrogens with one attached hydrogen (secondary N) is 1. The summed E-state index contributed by atoms with van der Waals surface area (Å²) in [6, 6.07) is 10.8. The van der Waals surface area contributed by atoms with E-state index >= 15 is 0 Å². The van der Waals surface area contributed by atoms with Gasteiger partial charge in [0.1, 0.15) is 5.65 Å². The molecule has 0 amide bonds. The highest BCUT2D eigenvalue weighted by molar-refractivity contribution is 7.89. The van der Waals surface area contributed by atoms with Gasteiger partial charge >= 0.3 is 12.1 Å².